The van der Waals surface area contributed by atoms with Crippen LogP contribution in [-0.4, -0.2) is 5.78 Å². The maximum Gasteiger partial charge on any atom is 0.140 e. The predicted octanol–water partition coefficient (Wildman–Crippen LogP) is 4.36. The van der Waals surface area contributed by atoms with Crippen LogP contribution in [0.15, 0.2) is 24.3 Å². The highest BCUT2D eigenvalue weighted by Gasteiger charge is 2.26. The monoisotopic (exact) mass is 244 g/mol. The Bertz CT molecular complexity index is 402. The molecule has 0 aromatic heterocycles. The fourth-order valence-corrected chi connectivity index (χ4v) is 2.87. The van der Waals surface area contributed by atoms with Gasteiger partial charge in [0.15, 0.2) is 0 Å². The minimum absolute atomic E-state index is 0.324. The lowest BCUT2D eigenvalue weighted by atomic mass is 9.94. The van der Waals surface area contributed by atoms with Crippen LogP contribution in [0.3, 0.4) is 0 Å². The second-order valence-electron chi connectivity index (χ2n) is 6.15. The van der Waals surface area contributed by atoms with Crippen molar-refractivity contribution in [2.24, 2.45) is 11.8 Å². The molecule has 0 radical (unpaired) electrons. The van der Waals surface area contributed by atoms with Crippen LogP contribution in [-0.2, 0) is 11.2 Å². The molecule has 0 amide bonds. The lowest BCUT2D eigenvalue weighted by Crippen LogP contribution is -2.14. The lowest BCUT2D eigenvalue weighted by Gasteiger charge is -2.10. The van der Waals surface area contributed by atoms with E-state index in [-0.39, 0.29) is 0 Å². The van der Waals surface area contributed by atoms with Gasteiger partial charge >= 0.3 is 0 Å². The zero-order valence-corrected chi connectivity index (χ0v) is 11.8. The molecule has 0 saturated heterocycles. The van der Waals surface area contributed by atoms with Crippen molar-refractivity contribution in [3.05, 3.63) is 35.4 Å². The van der Waals surface area contributed by atoms with Crippen molar-refractivity contribution in [2.45, 2.75) is 52.4 Å². The van der Waals surface area contributed by atoms with E-state index in [1.54, 1.807) is 0 Å². The average molecular weight is 244 g/mol. The van der Waals surface area contributed by atoms with Gasteiger partial charge in [0, 0.05) is 12.3 Å². The fraction of sp³-hybridized carbons (Fsp3) is 0.588. The molecule has 2 unspecified atom stereocenters. The minimum atomic E-state index is 0.324. The predicted molar refractivity (Wildman–Crippen MR) is 75.7 cm³/mol. The third kappa shape index (κ3) is 3.22. The SMILES string of the molecule is CC1CCC(C(=O)Cc2ccc(C(C)C)cc2)C1. The van der Waals surface area contributed by atoms with Crippen LogP contribution in [0.25, 0.3) is 0 Å². The third-order valence-electron chi connectivity index (χ3n) is 4.17. The first-order valence-corrected chi connectivity index (χ1v) is 7.17. The number of Topliss-reactive ketones (excluding diaryl/α,β-unsaturated/α-hetero) is 1. The van der Waals surface area contributed by atoms with Crippen molar-refractivity contribution in [1.82, 2.24) is 0 Å². The van der Waals surface area contributed by atoms with E-state index in [4.69, 9.17) is 0 Å². The second-order valence-corrected chi connectivity index (χ2v) is 6.15. The van der Waals surface area contributed by atoms with Gasteiger partial charge in [-0.15, -0.1) is 0 Å². The molecular formula is C17H24O. The summed E-state index contributed by atoms with van der Waals surface area (Å²) in [6, 6.07) is 8.55. The van der Waals surface area contributed by atoms with E-state index >= 15 is 0 Å². The summed E-state index contributed by atoms with van der Waals surface area (Å²) in [6.45, 7) is 6.64. The van der Waals surface area contributed by atoms with Gasteiger partial charge in [-0.3, -0.25) is 4.79 Å². The highest BCUT2D eigenvalue weighted by Crippen LogP contribution is 2.31. The molecule has 1 aromatic carbocycles. The largest absolute Gasteiger partial charge is 0.299 e. The Morgan fingerprint density at radius 2 is 1.89 bits per heavy atom. The van der Waals surface area contributed by atoms with E-state index in [9.17, 15) is 4.79 Å². The van der Waals surface area contributed by atoms with Crippen molar-refractivity contribution >= 4 is 5.78 Å². The van der Waals surface area contributed by atoms with Crippen LogP contribution < -0.4 is 0 Å². The zero-order valence-electron chi connectivity index (χ0n) is 11.8. The van der Waals surface area contributed by atoms with E-state index in [0.717, 1.165) is 18.8 Å². The third-order valence-corrected chi connectivity index (χ3v) is 4.17. The van der Waals surface area contributed by atoms with Gasteiger partial charge in [-0.2, -0.15) is 0 Å². The normalized spacial score (nSPS) is 23.6. The summed E-state index contributed by atoms with van der Waals surface area (Å²) < 4.78 is 0. The summed E-state index contributed by atoms with van der Waals surface area (Å²) in [6.07, 6.45) is 4.05. The molecule has 1 saturated carbocycles. The first kappa shape index (κ1) is 13.3. The molecule has 0 heterocycles. The zero-order chi connectivity index (χ0) is 13.1. The molecule has 1 aliphatic rings. The number of rotatable bonds is 4. The van der Waals surface area contributed by atoms with Gasteiger partial charge in [-0.1, -0.05) is 45.0 Å². The van der Waals surface area contributed by atoms with Gasteiger partial charge in [0.25, 0.3) is 0 Å². The summed E-state index contributed by atoms with van der Waals surface area (Å²) in [7, 11) is 0. The number of carbonyl (C=O) groups is 1. The van der Waals surface area contributed by atoms with E-state index in [1.165, 1.54) is 17.5 Å². The molecular weight excluding hydrogens is 220 g/mol. The first-order chi connectivity index (χ1) is 8.56. The maximum absolute atomic E-state index is 12.2. The van der Waals surface area contributed by atoms with E-state index in [0.29, 0.717) is 24.0 Å². The van der Waals surface area contributed by atoms with Gasteiger partial charge in [0.2, 0.25) is 0 Å². The quantitative estimate of drug-likeness (QED) is 0.769. The lowest BCUT2D eigenvalue weighted by molar-refractivity contribution is -0.122. The first-order valence-electron chi connectivity index (χ1n) is 7.17. The molecule has 1 fully saturated rings. The Balaban J connectivity index is 1.95. The van der Waals surface area contributed by atoms with Crippen molar-refractivity contribution in [1.29, 1.82) is 0 Å². The molecule has 1 nitrogen and oxygen atoms in total. The Kier molecular flexibility index (Phi) is 4.21. The molecule has 0 spiro atoms. The number of hydrogen-bond acceptors (Lipinski definition) is 1. The molecule has 18 heavy (non-hydrogen) atoms. The smallest absolute Gasteiger partial charge is 0.140 e. The molecule has 1 aliphatic carbocycles. The topological polar surface area (TPSA) is 17.1 Å². The van der Waals surface area contributed by atoms with Crippen LogP contribution >= 0.6 is 0 Å². The Morgan fingerprint density at radius 3 is 2.39 bits per heavy atom. The van der Waals surface area contributed by atoms with Crippen molar-refractivity contribution < 1.29 is 4.79 Å². The Labute approximate surface area is 111 Å². The molecule has 1 heteroatoms. The molecule has 0 N–H and O–H groups in total. The van der Waals surface area contributed by atoms with Crippen LogP contribution in [0.4, 0.5) is 0 Å². The molecule has 2 rings (SSSR count). The van der Waals surface area contributed by atoms with Gasteiger partial charge in [0.05, 0.1) is 0 Å². The molecule has 0 aliphatic heterocycles. The van der Waals surface area contributed by atoms with Crippen molar-refractivity contribution in [3.8, 4) is 0 Å². The van der Waals surface area contributed by atoms with Crippen molar-refractivity contribution in [3.63, 3.8) is 0 Å². The fourth-order valence-electron chi connectivity index (χ4n) is 2.87. The van der Waals surface area contributed by atoms with E-state index in [1.807, 2.05) is 0 Å². The second kappa shape index (κ2) is 5.69. The van der Waals surface area contributed by atoms with Crippen molar-refractivity contribution in [2.75, 3.05) is 0 Å². The summed E-state index contributed by atoms with van der Waals surface area (Å²) in [5, 5.41) is 0. The molecule has 0 bridgehead atoms. The number of hydrogen-bond donors (Lipinski definition) is 0. The van der Waals surface area contributed by atoms with Crippen LogP contribution in [0, 0.1) is 11.8 Å². The Hall–Kier alpha value is -1.11. The van der Waals surface area contributed by atoms with E-state index in [2.05, 4.69) is 45.0 Å². The number of benzene rings is 1. The number of carbonyl (C=O) groups excluding carboxylic acids is 1. The average Bonchev–Trinajstić information content (AvgIpc) is 2.76. The minimum Gasteiger partial charge on any atom is -0.299 e. The molecule has 2 atom stereocenters. The summed E-state index contributed by atoms with van der Waals surface area (Å²) in [4.78, 5) is 12.2. The van der Waals surface area contributed by atoms with Crippen LogP contribution in [0.2, 0.25) is 0 Å². The summed E-state index contributed by atoms with van der Waals surface area (Å²) in [5.41, 5.74) is 2.52. The van der Waals surface area contributed by atoms with Crippen LogP contribution in [0.5, 0.6) is 0 Å². The highest BCUT2D eigenvalue weighted by atomic mass is 16.1. The van der Waals surface area contributed by atoms with Gasteiger partial charge in [0.1, 0.15) is 5.78 Å². The number of ketones is 1. The van der Waals surface area contributed by atoms with E-state index < -0.39 is 0 Å². The standard InChI is InChI=1S/C17H24O/c1-12(2)15-8-5-14(6-9-15)11-17(18)16-7-4-13(3)10-16/h5-6,8-9,12-13,16H,4,7,10-11H2,1-3H3. The summed E-state index contributed by atoms with van der Waals surface area (Å²) >= 11 is 0. The van der Waals surface area contributed by atoms with Crippen LogP contribution in [0.1, 0.15) is 57.1 Å². The maximum atomic E-state index is 12.2. The highest BCUT2D eigenvalue weighted by molar-refractivity contribution is 5.83. The Morgan fingerprint density at radius 1 is 1.22 bits per heavy atom. The summed E-state index contributed by atoms with van der Waals surface area (Å²) in [5.74, 6) is 2.06. The van der Waals surface area contributed by atoms with Gasteiger partial charge in [-0.25, -0.2) is 0 Å². The molecule has 1 aromatic rings. The van der Waals surface area contributed by atoms with Gasteiger partial charge < -0.3 is 0 Å². The van der Waals surface area contributed by atoms with Gasteiger partial charge in [-0.05, 0) is 42.2 Å². The molecule has 98 valence electrons.